The maximum atomic E-state index is 12.2. The predicted octanol–water partition coefficient (Wildman–Crippen LogP) is 1.83. The van der Waals surface area contributed by atoms with Crippen LogP contribution in [-0.4, -0.2) is 44.9 Å². The summed E-state index contributed by atoms with van der Waals surface area (Å²) in [6.45, 7) is 1.50. The molecule has 0 spiro atoms. The van der Waals surface area contributed by atoms with Crippen LogP contribution in [0.3, 0.4) is 0 Å². The highest BCUT2D eigenvalue weighted by Crippen LogP contribution is 2.26. The number of rotatable bonds is 4. The number of amides is 2. The lowest BCUT2D eigenvalue weighted by atomic mass is 10.3. The van der Waals surface area contributed by atoms with Crippen molar-refractivity contribution in [2.45, 2.75) is 19.1 Å². The number of halogens is 1. The quantitative estimate of drug-likeness (QED) is 0.925. The summed E-state index contributed by atoms with van der Waals surface area (Å²) in [5.74, 6) is 1.24. The summed E-state index contributed by atoms with van der Waals surface area (Å²) >= 11 is 6.09. The number of aryl methyl sites for hydroxylation is 1. The molecule has 1 aromatic carbocycles. The Kier molecular flexibility index (Phi) is 4.66. The van der Waals surface area contributed by atoms with Crippen molar-refractivity contribution in [2.24, 2.45) is 7.05 Å². The van der Waals surface area contributed by atoms with Crippen molar-refractivity contribution in [3.05, 3.63) is 41.4 Å². The second-order valence-electron chi connectivity index (χ2n) is 5.40. The van der Waals surface area contributed by atoms with Crippen LogP contribution in [-0.2, 0) is 13.6 Å². The molecule has 0 saturated carbocycles. The molecule has 1 unspecified atom stereocenters. The number of nitrogens with zero attached hydrogens (tertiary/aromatic N) is 4. The monoisotopic (exact) mass is 335 g/mol. The number of hydrogen-bond acceptors (Lipinski definition) is 4. The first-order chi connectivity index (χ1) is 11.1. The molecule has 2 heterocycles. The standard InChI is InChI=1S/C15H18ClN5O2/c1-20-10-18-14(19-20)8-17-15(22)21-7-6-11(9-21)23-13-5-3-2-4-12(13)16/h2-5,10-11H,6-9H2,1H3,(H,17,22). The van der Waals surface area contributed by atoms with Gasteiger partial charge in [0.1, 0.15) is 18.2 Å². The van der Waals surface area contributed by atoms with E-state index in [1.54, 1.807) is 29.0 Å². The number of carbonyl (C=O) groups is 1. The lowest BCUT2D eigenvalue weighted by Gasteiger charge is -2.18. The molecule has 7 nitrogen and oxygen atoms in total. The van der Waals surface area contributed by atoms with E-state index < -0.39 is 0 Å². The molecule has 2 aromatic rings. The number of nitrogens with one attached hydrogen (secondary N) is 1. The summed E-state index contributed by atoms with van der Waals surface area (Å²) in [5.41, 5.74) is 0. The van der Waals surface area contributed by atoms with E-state index in [0.717, 1.165) is 6.42 Å². The van der Waals surface area contributed by atoms with Crippen molar-refractivity contribution in [1.29, 1.82) is 0 Å². The number of para-hydroxylation sites is 1. The highest BCUT2D eigenvalue weighted by molar-refractivity contribution is 6.32. The van der Waals surface area contributed by atoms with E-state index in [1.807, 2.05) is 18.2 Å². The third-order valence-corrected chi connectivity index (χ3v) is 3.92. The van der Waals surface area contributed by atoms with Gasteiger partial charge in [0, 0.05) is 20.0 Å². The summed E-state index contributed by atoms with van der Waals surface area (Å²) in [5, 5.41) is 7.52. The predicted molar refractivity (Wildman–Crippen MR) is 85.3 cm³/mol. The summed E-state index contributed by atoms with van der Waals surface area (Å²) in [6.07, 6.45) is 2.33. The van der Waals surface area contributed by atoms with E-state index in [0.29, 0.717) is 36.2 Å². The van der Waals surface area contributed by atoms with Gasteiger partial charge in [-0.3, -0.25) is 4.68 Å². The number of ether oxygens (including phenoxy) is 1. The SMILES string of the molecule is Cn1cnc(CNC(=O)N2CCC(Oc3ccccc3Cl)C2)n1. The zero-order chi connectivity index (χ0) is 16.2. The van der Waals surface area contributed by atoms with Gasteiger partial charge in [0.05, 0.1) is 18.1 Å². The third-order valence-electron chi connectivity index (χ3n) is 3.61. The molecule has 1 atom stereocenters. The van der Waals surface area contributed by atoms with E-state index in [2.05, 4.69) is 15.4 Å². The van der Waals surface area contributed by atoms with Gasteiger partial charge < -0.3 is 15.0 Å². The van der Waals surface area contributed by atoms with Gasteiger partial charge in [0.2, 0.25) is 0 Å². The zero-order valence-electron chi connectivity index (χ0n) is 12.8. The Morgan fingerprint density at radius 2 is 2.30 bits per heavy atom. The fourth-order valence-electron chi connectivity index (χ4n) is 2.46. The Hall–Kier alpha value is -2.28. The smallest absolute Gasteiger partial charge is 0.317 e. The molecule has 3 rings (SSSR count). The Morgan fingerprint density at radius 3 is 3.04 bits per heavy atom. The number of aromatic nitrogens is 3. The number of likely N-dealkylation sites (tertiary alicyclic amines) is 1. The van der Waals surface area contributed by atoms with E-state index in [9.17, 15) is 4.79 Å². The topological polar surface area (TPSA) is 72.3 Å². The van der Waals surface area contributed by atoms with E-state index >= 15 is 0 Å². The Morgan fingerprint density at radius 1 is 1.48 bits per heavy atom. The van der Waals surface area contributed by atoms with Gasteiger partial charge >= 0.3 is 6.03 Å². The van der Waals surface area contributed by atoms with Gasteiger partial charge in [0.25, 0.3) is 0 Å². The van der Waals surface area contributed by atoms with E-state index in [4.69, 9.17) is 16.3 Å². The molecule has 1 aliphatic heterocycles. The lowest BCUT2D eigenvalue weighted by Crippen LogP contribution is -2.39. The van der Waals surface area contributed by atoms with Crippen molar-refractivity contribution in [1.82, 2.24) is 25.0 Å². The van der Waals surface area contributed by atoms with Crippen molar-refractivity contribution in [2.75, 3.05) is 13.1 Å². The highest BCUT2D eigenvalue weighted by atomic mass is 35.5. The fourth-order valence-corrected chi connectivity index (χ4v) is 2.64. The van der Waals surface area contributed by atoms with Crippen LogP contribution in [0.2, 0.25) is 5.02 Å². The van der Waals surface area contributed by atoms with Crippen molar-refractivity contribution < 1.29 is 9.53 Å². The molecule has 1 aromatic heterocycles. The van der Waals surface area contributed by atoms with Gasteiger partial charge in [-0.1, -0.05) is 23.7 Å². The molecule has 0 aliphatic carbocycles. The van der Waals surface area contributed by atoms with E-state index in [-0.39, 0.29) is 12.1 Å². The maximum Gasteiger partial charge on any atom is 0.317 e. The molecule has 1 N–H and O–H groups in total. The first kappa shape index (κ1) is 15.6. The normalized spacial score (nSPS) is 17.3. The highest BCUT2D eigenvalue weighted by Gasteiger charge is 2.28. The van der Waals surface area contributed by atoms with Gasteiger partial charge in [-0.05, 0) is 12.1 Å². The van der Waals surface area contributed by atoms with E-state index in [1.165, 1.54) is 0 Å². The van der Waals surface area contributed by atoms with Crippen molar-refractivity contribution in [3.63, 3.8) is 0 Å². The summed E-state index contributed by atoms with van der Waals surface area (Å²) in [4.78, 5) is 18.0. The van der Waals surface area contributed by atoms with Crippen molar-refractivity contribution >= 4 is 17.6 Å². The lowest BCUT2D eigenvalue weighted by molar-refractivity contribution is 0.186. The number of urea groups is 1. The first-order valence-corrected chi connectivity index (χ1v) is 7.78. The molecule has 0 bridgehead atoms. The Bertz CT molecular complexity index is 690. The third kappa shape index (κ3) is 3.92. The minimum absolute atomic E-state index is 0.0476. The summed E-state index contributed by atoms with van der Waals surface area (Å²) in [7, 11) is 1.79. The minimum Gasteiger partial charge on any atom is -0.487 e. The molecule has 122 valence electrons. The zero-order valence-corrected chi connectivity index (χ0v) is 13.5. The molecular weight excluding hydrogens is 318 g/mol. The number of carbonyl (C=O) groups excluding carboxylic acids is 1. The Balaban J connectivity index is 1.49. The largest absolute Gasteiger partial charge is 0.487 e. The molecule has 1 saturated heterocycles. The molecule has 1 aliphatic rings. The van der Waals surface area contributed by atoms with Crippen LogP contribution in [0, 0.1) is 0 Å². The van der Waals surface area contributed by atoms with Gasteiger partial charge in [-0.2, -0.15) is 5.10 Å². The first-order valence-electron chi connectivity index (χ1n) is 7.40. The average Bonchev–Trinajstić information content (AvgIpc) is 3.16. The second kappa shape index (κ2) is 6.87. The Labute approximate surface area is 139 Å². The summed E-state index contributed by atoms with van der Waals surface area (Å²) < 4.78 is 7.47. The van der Waals surface area contributed by atoms with Crippen LogP contribution in [0.25, 0.3) is 0 Å². The van der Waals surface area contributed by atoms with Crippen LogP contribution in [0.5, 0.6) is 5.75 Å². The molecule has 0 radical (unpaired) electrons. The van der Waals surface area contributed by atoms with Crippen LogP contribution in [0.15, 0.2) is 30.6 Å². The minimum atomic E-state index is -0.136. The summed E-state index contributed by atoms with van der Waals surface area (Å²) in [6, 6.07) is 7.21. The van der Waals surface area contributed by atoms with Gasteiger partial charge in [-0.15, -0.1) is 0 Å². The van der Waals surface area contributed by atoms with Crippen LogP contribution in [0.1, 0.15) is 12.2 Å². The second-order valence-corrected chi connectivity index (χ2v) is 5.81. The molecular formula is C15H18ClN5O2. The van der Waals surface area contributed by atoms with Crippen LogP contribution < -0.4 is 10.1 Å². The van der Waals surface area contributed by atoms with Crippen LogP contribution in [0.4, 0.5) is 4.79 Å². The molecule has 8 heteroatoms. The number of hydrogen-bond donors (Lipinski definition) is 1. The maximum absolute atomic E-state index is 12.2. The van der Waals surface area contributed by atoms with Gasteiger partial charge in [-0.25, -0.2) is 9.78 Å². The van der Waals surface area contributed by atoms with Crippen molar-refractivity contribution in [3.8, 4) is 5.75 Å². The average molecular weight is 336 g/mol. The molecule has 1 fully saturated rings. The molecule has 2 amide bonds. The number of benzene rings is 1. The molecule has 23 heavy (non-hydrogen) atoms. The fraction of sp³-hybridized carbons (Fsp3) is 0.400. The van der Waals surface area contributed by atoms with Gasteiger partial charge in [0.15, 0.2) is 5.82 Å². The van der Waals surface area contributed by atoms with Crippen LogP contribution >= 0.6 is 11.6 Å².